The van der Waals surface area contributed by atoms with E-state index in [1.165, 1.54) is 0 Å². The fraction of sp³-hybridized carbons (Fsp3) is 0.0476. The number of rotatable bonds is 3. The van der Waals surface area contributed by atoms with Gasteiger partial charge in [-0.25, -0.2) is 0 Å². The zero-order valence-corrected chi connectivity index (χ0v) is 13.6. The second-order valence-corrected chi connectivity index (χ2v) is 6.00. The van der Waals surface area contributed by atoms with E-state index in [4.69, 9.17) is 5.73 Å². The number of nitriles is 1. The number of nitrogens with two attached hydrogens (primary N) is 1. The SMILES string of the molecule is N#Cc1ccc2c(c1)c(-c1cccc(N)c1)cn2Cc1cccnc1. The highest BCUT2D eigenvalue weighted by Crippen LogP contribution is 2.32. The van der Waals surface area contributed by atoms with Gasteiger partial charge in [0.2, 0.25) is 0 Å². The third-order valence-corrected chi connectivity index (χ3v) is 4.28. The molecule has 0 aliphatic rings. The van der Waals surface area contributed by atoms with E-state index in [9.17, 15) is 5.26 Å². The molecule has 0 radical (unpaired) electrons. The maximum atomic E-state index is 9.26. The average molecular weight is 324 g/mol. The van der Waals surface area contributed by atoms with Gasteiger partial charge in [-0.05, 0) is 47.5 Å². The summed E-state index contributed by atoms with van der Waals surface area (Å²) in [5.41, 5.74) is 11.7. The Bertz CT molecular complexity index is 1090. The Kier molecular flexibility index (Phi) is 3.68. The van der Waals surface area contributed by atoms with Crippen LogP contribution in [0.2, 0.25) is 0 Å². The standard InChI is InChI=1S/C21H16N4/c22-11-15-6-7-21-19(9-15)20(17-4-1-5-18(23)10-17)14-25(21)13-16-3-2-8-24-12-16/h1-10,12,14H,13,23H2. The minimum atomic E-state index is 0.650. The average Bonchev–Trinajstić information content (AvgIpc) is 3.00. The Morgan fingerprint density at radius 3 is 2.76 bits per heavy atom. The molecule has 120 valence electrons. The monoisotopic (exact) mass is 324 g/mol. The van der Waals surface area contributed by atoms with Gasteiger partial charge >= 0.3 is 0 Å². The summed E-state index contributed by atoms with van der Waals surface area (Å²) >= 11 is 0. The van der Waals surface area contributed by atoms with Crippen LogP contribution in [0.3, 0.4) is 0 Å². The molecule has 2 aromatic carbocycles. The molecule has 0 atom stereocenters. The number of fused-ring (bicyclic) bond motifs is 1. The molecular formula is C21H16N4. The first-order valence-electron chi connectivity index (χ1n) is 8.02. The minimum Gasteiger partial charge on any atom is -0.399 e. The summed E-state index contributed by atoms with van der Waals surface area (Å²) in [6, 6.07) is 19.8. The van der Waals surface area contributed by atoms with Crippen LogP contribution < -0.4 is 5.73 Å². The molecule has 2 heterocycles. The van der Waals surface area contributed by atoms with E-state index in [1.807, 2.05) is 54.7 Å². The summed E-state index contributed by atoms with van der Waals surface area (Å²) in [6.07, 6.45) is 5.76. The van der Waals surface area contributed by atoms with Crippen LogP contribution >= 0.6 is 0 Å². The Hall–Kier alpha value is -3.58. The molecule has 4 aromatic rings. The van der Waals surface area contributed by atoms with Crippen LogP contribution in [0.1, 0.15) is 11.1 Å². The lowest BCUT2D eigenvalue weighted by atomic mass is 10.0. The van der Waals surface area contributed by atoms with Crippen molar-refractivity contribution in [1.29, 1.82) is 5.26 Å². The van der Waals surface area contributed by atoms with Gasteiger partial charge in [0, 0.05) is 47.3 Å². The molecule has 0 bridgehead atoms. The Morgan fingerprint density at radius 2 is 2.00 bits per heavy atom. The number of hydrogen-bond donors (Lipinski definition) is 1. The molecule has 0 unspecified atom stereocenters. The van der Waals surface area contributed by atoms with Gasteiger partial charge in [-0.15, -0.1) is 0 Å². The second-order valence-electron chi connectivity index (χ2n) is 6.00. The molecule has 0 spiro atoms. The molecule has 2 N–H and O–H groups in total. The Labute approximate surface area is 145 Å². The summed E-state index contributed by atoms with van der Waals surface area (Å²) in [7, 11) is 0. The van der Waals surface area contributed by atoms with Crippen molar-refractivity contribution in [2.24, 2.45) is 0 Å². The summed E-state index contributed by atoms with van der Waals surface area (Å²) in [6.45, 7) is 0.721. The van der Waals surface area contributed by atoms with E-state index in [0.29, 0.717) is 5.56 Å². The van der Waals surface area contributed by atoms with Gasteiger partial charge in [0.05, 0.1) is 11.6 Å². The van der Waals surface area contributed by atoms with Gasteiger partial charge < -0.3 is 10.3 Å². The number of nitrogen functional groups attached to an aromatic ring is 1. The van der Waals surface area contributed by atoms with Gasteiger partial charge in [-0.1, -0.05) is 18.2 Å². The summed E-state index contributed by atoms with van der Waals surface area (Å²) in [5, 5.41) is 10.3. The summed E-state index contributed by atoms with van der Waals surface area (Å²) < 4.78 is 2.19. The molecule has 2 aromatic heterocycles. The van der Waals surface area contributed by atoms with Crippen molar-refractivity contribution in [2.45, 2.75) is 6.54 Å². The van der Waals surface area contributed by atoms with Gasteiger partial charge in [-0.3, -0.25) is 4.98 Å². The fourth-order valence-electron chi connectivity index (χ4n) is 3.12. The number of anilines is 1. The largest absolute Gasteiger partial charge is 0.399 e. The number of nitrogens with zero attached hydrogens (tertiary/aromatic N) is 3. The lowest BCUT2D eigenvalue weighted by Crippen LogP contribution is -1.98. The highest BCUT2D eigenvalue weighted by atomic mass is 15.0. The first kappa shape index (κ1) is 15.0. The van der Waals surface area contributed by atoms with E-state index >= 15 is 0 Å². The summed E-state index contributed by atoms with van der Waals surface area (Å²) in [5.74, 6) is 0. The second kappa shape index (κ2) is 6.14. The molecule has 4 nitrogen and oxygen atoms in total. The van der Waals surface area contributed by atoms with Gasteiger partial charge in [0.1, 0.15) is 0 Å². The minimum absolute atomic E-state index is 0.650. The quantitative estimate of drug-likeness (QED) is 0.574. The number of pyridine rings is 1. The van der Waals surface area contributed by atoms with Gasteiger partial charge in [0.25, 0.3) is 0 Å². The van der Waals surface area contributed by atoms with Crippen molar-refractivity contribution >= 4 is 16.6 Å². The number of aromatic nitrogens is 2. The van der Waals surface area contributed by atoms with Crippen molar-refractivity contribution in [1.82, 2.24) is 9.55 Å². The molecule has 0 aliphatic carbocycles. The van der Waals surface area contributed by atoms with Crippen LogP contribution in [0.25, 0.3) is 22.0 Å². The molecule has 0 saturated carbocycles. The van der Waals surface area contributed by atoms with Crippen LogP contribution in [0, 0.1) is 11.3 Å². The number of hydrogen-bond acceptors (Lipinski definition) is 3. The van der Waals surface area contributed by atoms with E-state index in [2.05, 4.69) is 27.9 Å². The lowest BCUT2D eigenvalue weighted by Gasteiger charge is -2.05. The van der Waals surface area contributed by atoms with E-state index in [0.717, 1.165) is 39.8 Å². The molecule has 4 heteroatoms. The van der Waals surface area contributed by atoms with E-state index in [1.54, 1.807) is 6.20 Å². The van der Waals surface area contributed by atoms with Crippen molar-refractivity contribution < 1.29 is 0 Å². The third-order valence-electron chi connectivity index (χ3n) is 4.28. The Morgan fingerprint density at radius 1 is 1.08 bits per heavy atom. The molecule has 0 fully saturated rings. The maximum absolute atomic E-state index is 9.26. The predicted octanol–water partition coefficient (Wildman–Crippen LogP) is 4.21. The Balaban J connectivity index is 1.91. The highest BCUT2D eigenvalue weighted by molar-refractivity contribution is 5.97. The van der Waals surface area contributed by atoms with Crippen LogP contribution in [0.4, 0.5) is 5.69 Å². The molecule has 0 aliphatic heterocycles. The van der Waals surface area contributed by atoms with Crippen LogP contribution in [0.5, 0.6) is 0 Å². The van der Waals surface area contributed by atoms with Crippen LogP contribution in [-0.4, -0.2) is 9.55 Å². The van der Waals surface area contributed by atoms with Crippen molar-refractivity contribution in [3.05, 3.63) is 84.3 Å². The molecular weight excluding hydrogens is 308 g/mol. The maximum Gasteiger partial charge on any atom is 0.0991 e. The number of benzene rings is 2. The zero-order valence-electron chi connectivity index (χ0n) is 13.6. The lowest BCUT2D eigenvalue weighted by molar-refractivity contribution is 0.832. The predicted molar refractivity (Wildman–Crippen MR) is 99.8 cm³/mol. The molecule has 0 saturated heterocycles. The topological polar surface area (TPSA) is 67.6 Å². The fourth-order valence-corrected chi connectivity index (χ4v) is 3.12. The summed E-state index contributed by atoms with van der Waals surface area (Å²) in [4.78, 5) is 4.19. The smallest absolute Gasteiger partial charge is 0.0991 e. The highest BCUT2D eigenvalue weighted by Gasteiger charge is 2.12. The van der Waals surface area contributed by atoms with Crippen molar-refractivity contribution in [3.8, 4) is 17.2 Å². The van der Waals surface area contributed by atoms with Gasteiger partial charge in [-0.2, -0.15) is 5.26 Å². The van der Waals surface area contributed by atoms with E-state index in [-0.39, 0.29) is 0 Å². The first-order valence-corrected chi connectivity index (χ1v) is 8.02. The van der Waals surface area contributed by atoms with Gasteiger partial charge in [0.15, 0.2) is 0 Å². The van der Waals surface area contributed by atoms with Crippen LogP contribution in [0.15, 0.2) is 73.2 Å². The normalized spacial score (nSPS) is 10.7. The third kappa shape index (κ3) is 2.84. The molecule has 4 rings (SSSR count). The molecule has 0 amide bonds. The van der Waals surface area contributed by atoms with Crippen molar-refractivity contribution in [3.63, 3.8) is 0 Å². The zero-order chi connectivity index (χ0) is 17.2. The molecule has 25 heavy (non-hydrogen) atoms. The van der Waals surface area contributed by atoms with E-state index < -0.39 is 0 Å². The first-order chi connectivity index (χ1) is 12.2. The van der Waals surface area contributed by atoms with Crippen molar-refractivity contribution in [2.75, 3.05) is 5.73 Å². The van der Waals surface area contributed by atoms with Crippen LogP contribution in [-0.2, 0) is 6.54 Å².